The second kappa shape index (κ2) is 6.34. The Labute approximate surface area is 105 Å². The van der Waals surface area contributed by atoms with Gasteiger partial charge in [0.05, 0.1) is 10.7 Å². The summed E-state index contributed by atoms with van der Waals surface area (Å²) in [7, 11) is 0. The molecule has 0 unspecified atom stereocenters. The van der Waals surface area contributed by atoms with Crippen molar-refractivity contribution in [3.63, 3.8) is 0 Å². The summed E-state index contributed by atoms with van der Waals surface area (Å²) in [5, 5.41) is 4.18. The fraction of sp³-hybridized carbons (Fsp3) is 0.455. The Bertz CT molecular complexity index is 356. The molecule has 0 aliphatic heterocycles. The molecule has 17 heavy (non-hydrogen) atoms. The van der Waals surface area contributed by atoms with Crippen molar-refractivity contribution in [2.45, 2.75) is 33.3 Å². The number of carbonyl (C=O) groups excluding carboxylic acids is 2. The highest BCUT2D eigenvalue weighted by Gasteiger charge is 2.16. The summed E-state index contributed by atoms with van der Waals surface area (Å²) in [4.78, 5) is 22.1. The van der Waals surface area contributed by atoms with Gasteiger partial charge >= 0.3 is 6.09 Å². The standard InChI is InChI=1S/C11H18N2O3S/c1-7(14)9(12)6-17-8(2)13-10(15)16-11(3,4)5/h6H,2,12H2,1,3-5H3,(H,13,15)/b9-6-. The SMILES string of the molecule is C=C(NC(=O)OC(C)(C)C)S/C=C(\N)C(C)=O. The fourth-order valence-electron chi connectivity index (χ4n) is 0.665. The van der Waals surface area contributed by atoms with E-state index in [-0.39, 0.29) is 11.5 Å². The summed E-state index contributed by atoms with van der Waals surface area (Å²) in [6, 6.07) is 0. The second-order valence-electron chi connectivity index (χ2n) is 4.30. The molecule has 1 amide bonds. The van der Waals surface area contributed by atoms with Crippen LogP contribution in [0.4, 0.5) is 4.79 Å². The third kappa shape index (κ3) is 8.38. The van der Waals surface area contributed by atoms with Crippen LogP contribution in [0.25, 0.3) is 0 Å². The third-order valence-corrected chi connectivity index (χ3v) is 2.13. The summed E-state index contributed by atoms with van der Waals surface area (Å²) in [6.45, 7) is 10.2. The molecule has 0 saturated heterocycles. The fourth-order valence-corrected chi connectivity index (χ4v) is 1.24. The number of allylic oxidation sites excluding steroid dienone is 1. The molecule has 0 aromatic carbocycles. The number of carbonyl (C=O) groups is 2. The zero-order valence-corrected chi connectivity index (χ0v) is 11.3. The van der Waals surface area contributed by atoms with Crippen molar-refractivity contribution in [3.8, 4) is 0 Å². The van der Waals surface area contributed by atoms with Crippen LogP contribution < -0.4 is 11.1 Å². The molecule has 0 spiro atoms. The Hall–Kier alpha value is -1.43. The Morgan fingerprint density at radius 2 is 1.94 bits per heavy atom. The van der Waals surface area contributed by atoms with Gasteiger partial charge in [0.1, 0.15) is 5.60 Å². The predicted octanol–water partition coefficient (Wildman–Crippen LogP) is 2.10. The molecule has 0 heterocycles. The van der Waals surface area contributed by atoms with Gasteiger partial charge in [0.2, 0.25) is 0 Å². The average Bonchev–Trinajstić information content (AvgIpc) is 2.10. The van der Waals surface area contributed by atoms with Gasteiger partial charge in [-0.05, 0) is 20.8 Å². The number of nitrogens with one attached hydrogen (secondary N) is 1. The molecular formula is C11H18N2O3S. The number of alkyl carbamates (subject to hydrolysis) is 1. The minimum Gasteiger partial charge on any atom is -0.444 e. The molecule has 0 rings (SSSR count). The van der Waals surface area contributed by atoms with Gasteiger partial charge in [0.25, 0.3) is 0 Å². The third-order valence-electron chi connectivity index (χ3n) is 1.38. The summed E-state index contributed by atoms with van der Waals surface area (Å²) in [5.41, 5.74) is 4.95. The molecule has 96 valence electrons. The number of ketones is 1. The molecule has 0 saturated carbocycles. The highest BCUT2D eigenvalue weighted by molar-refractivity contribution is 8.05. The van der Waals surface area contributed by atoms with Gasteiger partial charge < -0.3 is 10.5 Å². The number of thioether (sulfide) groups is 1. The van der Waals surface area contributed by atoms with Crippen LogP contribution in [-0.4, -0.2) is 17.5 Å². The van der Waals surface area contributed by atoms with E-state index in [2.05, 4.69) is 11.9 Å². The van der Waals surface area contributed by atoms with E-state index in [4.69, 9.17) is 10.5 Å². The number of nitrogens with two attached hydrogens (primary N) is 1. The van der Waals surface area contributed by atoms with Crippen LogP contribution in [-0.2, 0) is 9.53 Å². The number of hydrogen-bond acceptors (Lipinski definition) is 5. The van der Waals surface area contributed by atoms with Crippen LogP contribution in [0.15, 0.2) is 22.7 Å². The molecule has 0 aliphatic rings. The molecule has 3 N–H and O–H groups in total. The maximum atomic E-state index is 11.3. The van der Waals surface area contributed by atoms with Gasteiger partial charge in [0.15, 0.2) is 5.78 Å². The highest BCUT2D eigenvalue weighted by atomic mass is 32.2. The largest absolute Gasteiger partial charge is 0.444 e. The van der Waals surface area contributed by atoms with Crippen LogP contribution >= 0.6 is 11.8 Å². The first-order valence-electron chi connectivity index (χ1n) is 4.94. The molecule has 0 radical (unpaired) electrons. The predicted molar refractivity (Wildman–Crippen MR) is 69.1 cm³/mol. The summed E-state index contributed by atoms with van der Waals surface area (Å²) < 4.78 is 5.02. The van der Waals surface area contributed by atoms with Gasteiger partial charge in [-0.15, -0.1) is 0 Å². The van der Waals surface area contributed by atoms with E-state index >= 15 is 0 Å². The molecule has 5 nitrogen and oxygen atoms in total. The van der Waals surface area contributed by atoms with E-state index in [1.807, 2.05) is 0 Å². The zero-order chi connectivity index (χ0) is 13.6. The van der Waals surface area contributed by atoms with Crippen molar-refractivity contribution >= 4 is 23.6 Å². The lowest BCUT2D eigenvalue weighted by Crippen LogP contribution is -2.31. The van der Waals surface area contributed by atoms with Crippen LogP contribution in [0, 0.1) is 0 Å². The average molecular weight is 258 g/mol. The van der Waals surface area contributed by atoms with Gasteiger partial charge in [-0.1, -0.05) is 18.3 Å². The van der Waals surface area contributed by atoms with E-state index in [1.54, 1.807) is 20.8 Å². The van der Waals surface area contributed by atoms with Crippen molar-refractivity contribution in [2.24, 2.45) is 5.73 Å². The molecular weight excluding hydrogens is 240 g/mol. The zero-order valence-electron chi connectivity index (χ0n) is 10.5. The lowest BCUT2D eigenvalue weighted by atomic mass is 10.2. The first-order valence-corrected chi connectivity index (χ1v) is 5.82. The van der Waals surface area contributed by atoms with Crippen molar-refractivity contribution in [2.75, 3.05) is 0 Å². The smallest absolute Gasteiger partial charge is 0.412 e. The van der Waals surface area contributed by atoms with E-state index in [9.17, 15) is 9.59 Å². The van der Waals surface area contributed by atoms with Gasteiger partial charge in [0, 0.05) is 12.3 Å². The second-order valence-corrected chi connectivity index (χ2v) is 5.26. The molecule has 0 aromatic heterocycles. The minimum atomic E-state index is -0.593. The normalized spacial score (nSPS) is 11.9. The molecule has 0 atom stereocenters. The Kier molecular flexibility index (Phi) is 5.81. The van der Waals surface area contributed by atoms with Crippen LogP contribution in [0.3, 0.4) is 0 Å². The lowest BCUT2D eigenvalue weighted by molar-refractivity contribution is -0.113. The number of amides is 1. The first kappa shape index (κ1) is 15.6. The summed E-state index contributed by atoms with van der Waals surface area (Å²) in [5.74, 6) is -0.234. The summed E-state index contributed by atoms with van der Waals surface area (Å²) in [6.07, 6.45) is -0.593. The Morgan fingerprint density at radius 1 is 1.41 bits per heavy atom. The van der Waals surface area contributed by atoms with Gasteiger partial charge in [-0.2, -0.15) is 0 Å². The Morgan fingerprint density at radius 3 is 2.35 bits per heavy atom. The lowest BCUT2D eigenvalue weighted by Gasteiger charge is -2.19. The van der Waals surface area contributed by atoms with E-state index < -0.39 is 11.7 Å². The maximum absolute atomic E-state index is 11.3. The number of Topliss-reactive ketones (excluding diaryl/α,β-unsaturated/α-hetero) is 1. The summed E-state index contributed by atoms with van der Waals surface area (Å²) >= 11 is 1.05. The maximum Gasteiger partial charge on any atom is 0.412 e. The van der Waals surface area contributed by atoms with E-state index in [0.717, 1.165) is 11.8 Å². The quantitative estimate of drug-likeness (QED) is 0.755. The molecule has 0 aliphatic carbocycles. The van der Waals surface area contributed by atoms with Gasteiger partial charge in [-0.25, -0.2) is 4.79 Å². The topological polar surface area (TPSA) is 81.4 Å². The van der Waals surface area contributed by atoms with Crippen molar-refractivity contribution < 1.29 is 14.3 Å². The molecule has 6 heteroatoms. The van der Waals surface area contributed by atoms with E-state index in [1.165, 1.54) is 12.3 Å². The molecule has 0 aromatic rings. The molecule has 0 bridgehead atoms. The van der Waals surface area contributed by atoms with Crippen molar-refractivity contribution in [1.29, 1.82) is 0 Å². The van der Waals surface area contributed by atoms with Crippen LogP contribution in [0.5, 0.6) is 0 Å². The van der Waals surface area contributed by atoms with Gasteiger partial charge in [-0.3, -0.25) is 10.1 Å². The minimum absolute atomic E-state index is 0.113. The van der Waals surface area contributed by atoms with Crippen molar-refractivity contribution in [1.82, 2.24) is 5.32 Å². The number of ether oxygens (including phenoxy) is 1. The monoisotopic (exact) mass is 258 g/mol. The number of rotatable bonds is 4. The first-order chi connectivity index (χ1) is 7.61. The van der Waals surface area contributed by atoms with Crippen molar-refractivity contribution in [3.05, 3.63) is 22.7 Å². The highest BCUT2D eigenvalue weighted by Crippen LogP contribution is 2.14. The van der Waals surface area contributed by atoms with E-state index in [0.29, 0.717) is 5.03 Å². The molecule has 0 fully saturated rings. The van der Waals surface area contributed by atoms with Crippen LogP contribution in [0.1, 0.15) is 27.7 Å². The Balaban J connectivity index is 4.16. The van der Waals surface area contributed by atoms with Crippen LogP contribution in [0.2, 0.25) is 0 Å². The number of hydrogen-bond donors (Lipinski definition) is 2.